The number of nitrogens with zero attached hydrogens (tertiary/aromatic N) is 2. The van der Waals surface area contributed by atoms with Crippen LogP contribution in [0.5, 0.6) is 5.75 Å². The van der Waals surface area contributed by atoms with Crippen LogP contribution in [0.25, 0.3) is 22.8 Å². The van der Waals surface area contributed by atoms with E-state index >= 15 is 0 Å². The Morgan fingerprint density at radius 1 is 0.933 bits per heavy atom. The number of hydrogen-bond acceptors (Lipinski definition) is 5. The molecule has 1 heterocycles. The smallest absolute Gasteiger partial charge is 0.262 e. The fourth-order valence-corrected chi connectivity index (χ4v) is 2.91. The van der Waals surface area contributed by atoms with Gasteiger partial charge in [0.05, 0.1) is 0 Å². The second kappa shape index (κ2) is 9.05. The van der Waals surface area contributed by atoms with Crippen molar-refractivity contribution in [3.8, 4) is 28.6 Å². The summed E-state index contributed by atoms with van der Waals surface area (Å²) in [4.78, 5) is 16.5. The third-order valence-corrected chi connectivity index (χ3v) is 4.58. The highest BCUT2D eigenvalue weighted by atomic mass is 16.5. The van der Waals surface area contributed by atoms with Gasteiger partial charge in [-0.25, -0.2) is 0 Å². The van der Waals surface area contributed by atoms with Crippen molar-refractivity contribution in [2.45, 2.75) is 13.3 Å². The van der Waals surface area contributed by atoms with Crippen LogP contribution in [-0.4, -0.2) is 22.7 Å². The van der Waals surface area contributed by atoms with E-state index < -0.39 is 0 Å². The predicted molar refractivity (Wildman–Crippen MR) is 115 cm³/mol. The van der Waals surface area contributed by atoms with Crippen LogP contribution >= 0.6 is 0 Å². The van der Waals surface area contributed by atoms with Crippen molar-refractivity contribution in [1.29, 1.82) is 0 Å². The molecule has 0 saturated heterocycles. The Morgan fingerprint density at radius 2 is 1.67 bits per heavy atom. The summed E-state index contributed by atoms with van der Waals surface area (Å²) in [6.45, 7) is 2.01. The molecule has 0 aliphatic heterocycles. The molecule has 1 amide bonds. The molecule has 0 unspecified atom stereocenters. The molecule has 0 spiro atoms. The lowest BCUT2D eigenvalue weighted by molar-refractivity contribution is -0.118. The average Bonchev–Trinajstić information content (AvgIpc) is 3.29. The van der Waals surface area contributed by atoms with Crippen molar-refractivity contribution in [1.82, 2.24) is 10.1 Å². The number of hydrogen-bond donors (Lipinski definition) is 1. The molecule has 0 aliphatic rings. The van der Waals surface area contributed by atoms with E-state index in [4.69, 9.17) is 9.26 Å². The van der Waals surface area contributed by atoms with Gasteiger partial charge in [-0.3, -0.25) is 4.79 Å². The van der Waals surface area contributed by atoms with Gasteiger partial charge in [0.15, 0.2) is 6.61 Å². The predicted octanol–water partition coefficient (Wildman–Crippen LogP) is 4.98. The lowest BCUT2D eigenvalue weighted by Gasteiger charge is -2.08. The lowest BCUT2D eigenvalue weighted by atomic mass is 10.1. The Morgan fingerprint density at radius 3 is 2.37 bits per heavy atom. The summed E-state index contributed by atoms with van der Waals surface area (Å²) in [6.07, 6.45) is 0.963. The van der Waals surface area contributed by atoms with Gasteiger partial charge in [-0.2, -0.15) is 4.98 Å². The highest BCUT2D eigenvalue weighted by Gasteiger charge is 2.11. The fraction of sp³-hybridized carbons (Fsp3) is 0.125. The SMILES string of the molecule is CCc1ccc(NC(=O)COc2ccc(-c3nc(-c4ccccc4)no3)cc2)cc1. The van der Waals surface area contributed by atoms with E-state index in [9.17, 15) is 4.79 Å². The second-order valence-corrected chi connectivity index (χ2v) is 6.70. The van der Waals surface area contributed by atoms with Gasteiger partial charge in [0.2, 0.25) is 5.82 Å². The maximum absolute atomic E-state index is 12.1. The van der Waals surface area contributed by atoms with E-state index in [1.165, 1.54) is 5.56 Å². The first-order chi connectivity index (χ1) is 14.7. The lowest BCUT2D eigenvalue weighted by Crippen LogP contribution is -2.20. The number of amides is 1. The summed E-state index contributed by atoms with van der Waals surface area (Å²) in [7, 11) is 0. The number of carbonyl (C=O) groups is 1. The van der Waals surface area contributed by atoms with Gasteiger partial charge in [-0.15, -0.1) is 0 Å². The molecule has 4 rings (SSSR count). The second-order valence-electron chi connectivity index (χ2n) is 6.70. The first-order valence-corrected chi connectivity index (χ1v) is 9.72. The van der Waals surface area contributed by atoms with Gasteiger partial charge < -0.3 is 14.6 Å². The maximum Gasteiger partial charge on any atom is 0.262 e. The topological polar surface area (TPSA) is 77.2 Å². The molecule has 4 aromatic rings. The zero-order chi connectivity index (χ0) is 20.8. The molecular weight excluding hydrogens is 378 g/mol. The van der Waals surface area contributed by atoms with Crippen LogP contribution in [0.3, 0.4) is 0 Å². The zero-order valence-corrected chi connectivity index (χ0v) is 16.5. The molecule has 0 aliphatic carbocycles. The molecule has 0 atom stereocenters. The minimum absolute atomic E-state index is 0.0758. The molecule has 1 aromatic heterocycles. The standard InChI is InChI=1S/C24H21N3O3/c1-2-17-8-12-20(13-9-17)25-22(28)16-29-21-14-10-19(11-15-21)24-26-23(27-30-24)18-6-4-3-5-7-18/h3-15H,2,16H2,1H3,(H,25,28). The minimum Gasteiger partial charge on any atom is -0.484 e. The summed E-state index contributed by atoms with van der Waals surface area (Å²) in [6, 6.07) is 24.6. The number of anilines is 1. The molecule has 0 bridgehead atoms. The van der Waals surface area contributed by atoms with Crippen LogP contribution in [0.2, 0.25) is 0 Å². The van der Waals surface area contributed by atoms with Gasteiger partial charge in [-0.1, -0.05) is 54.5 Å². The number of aromatic nitrogens is 2. The van der Waals surface area contributed by atoms with Crippen LogP contribution in [0.1, 0.15) is 12.5 Å². The van der Waals surface area contributed by atoms with Crippen LogP contribution in [0.15, 0.2) is 83.4 Å². The summed E-state index contributed by atoms with van der Waals surface area (Å²) in [5.74, 6) is 1.33. The first kappa shape index (κ1) is 19.4. The summed E-state index contributed by atoms with van der Waals surface area (Å²) < 4.78 is 10.9. The largest absolute Gasteiger partial charge is 0.484 e. The van der Waals surface area contributed by atoms with Gasteiger partial charge >= 0.3 is 0 Å². The first-order valence-electron chi connectivity index (χ1n) is 9.72. The Balaban J connectivity index is 1.33. The van der Waals surface area contributed by atoms with Crippen molar-refractivity contribution in [3.63, 3.8) is 0 Å². The summed E-state index contributed by atoms with van der Waals surface area (Å²) in [5, 5.41) is 6.85. The van der Waals surface area contributed by atoms with Crippen LogP contribution in [-0.2, 0) is 11.2 Å². The molecule has 0 radical (unpaired) electrons. The molecule has 30 heavy (non-hydrogen) atoms. The molecule has 6 nitrogen and oxygen atoms in total. The van der Waals surface area contributed by atoms with E-state index in [0.29, 0.717) is 17.5 Å². The Hall–Kier alpha value is -3.93. The molecule has 6 heteroatoms. The van der Waals surface area contributed by atoms with E-state index in [1.54, 1.807) is 12.1 Å². The number of nitrogens with one attached hydrogen (secondary N) is 1. The van der Waals surface area contributed by atoms with Crippen molar-refractivity contribution in [2.75, 3.05) is 11.9 Å². The molecule has 1 N–H and O–H groups in total. The third-order valence-electron chi connectivity index (χ3n) is 4.58. The van der Waals surface area contributed by atoms with Crippen molar-refractivity contribution in [3.05, 3.63) is 84.4 Å². The van der Waals surface area contributed by atoms with Gasteiger partial charge in [0.25, 0.3) is 11.8 Å². The monoisotopic (exact) mass is 399 g/mol. The zero-order valence-electron chi connectivity index (χ0n) is 16.5. The molecule has 0 fully saturated rings. The fourth-order valence-electron chi connectivity index (χ4n) is 2.91. The molecular formula is C24H21N3O3. The number of carbonyl (C=O) groups excluding carboxylic acids is 1. The van der Waals surface area contributed by atoms with Crippen molar-refractivity contribution in [2.24, 2.45) is 0 Å². The van der Waals surface area contributed by atoms with E-state index in [1.807, 2.05) is 66.7 Å². The van der Waals surface area contributed by atoms with Gasteiger partial charge in [0.1, 0.15) is 5.75 Å². The third kappa shape index (κ3) is 4.72. The molecule has 0 saturated carbocycles. The van der Waals surface area contributed by atoms with Crippen LogP contribution < -0.4 is 10.1 Å². The van der Waals surface area contributed by atoms with Crippen LogP contribution in [0.4, 0.5) is 5.69 Å². The quantitative estimate of drug-likeness (QED) is 0.474. The Labute approximate surface area is 174 Å². The average molecular weight is 399 g/mol. The highest BCUT2D eigenvalue weighted by molar-refractivity contribution is 5.91. The van der Waals surface area contributed by atoms with E-state index in [0.717, 1.165) is 23.2 Å². The molecule has 150 valence electrons. The number of ether oxygens (including phenoxy) is 1. The summed E-state index contributed by atoms with van der Waals surface area (Å²) >= 11 is 0. The van der Waals surface area contributed by atoms with Gasteiger partial charge in [-0.05, 0) is 48.4 Å². The Kier molecular flexibility index (Phi) is 5.85. The molecule has 3 aromatic carbocycles. The maximum atomic E-state index is 12.1. The Bertz CT molecular complexity index is 1100. The number of aryl methyl sites for hydroxylation is 1. The van der Waals surface area contributed by atoms with Gasteiger partial charge in [0, 0.05) is 16.8 Å². The van der Waals surface area contributed by atoms with Crippen molar-refractivity contribution < 1.29 is 14.1 Å². The number of benzene rings is 3. The van der Waals surface area contributed by atoms with Crippen molar-refractivity contribution >= 4 is 11.6 Å². The highest BCUT2D eigenvalue weighted by Crippen LogP contribution is 2.24. The summed E-state index contributed by atoms with van der Waals surface area (Å²) in [5.41, 5.74) is 3.64. The van der Waals surface area contributed by atoms with Crippen LogP contribution in [0, 0.1) is 0 Å². The van der Waals surface area contributed by atoms with E-state index in [2.05, 4.69) is 22.4 Å². The number of rotatable bonds is 7. The normalized spacial score (nSPS) is 10.6. The minimum atomic E-state index is -0.215. The van der Waals surface area contributed by atoms with E-state index in [-0.39, 0.29) is 12.5 Å².